The zero-order valence-electron chi connectivity index (χ0n) is 14.3. The standard InChI is InChI=1S/C16H19FN4O4S/c1-3-8-18-15(23)19-13(22)9-26-16-21-20-14(25-16)10(2)24-12-6-4-11(17)5-7-12/h4-7,10H,3,8-9H2,1-2H3,(H2,18,19,22,23)/t10-/m0/s1. The van der Waals surface area contributed by atoms with Crippen LogP contribution in [0.15, 0.2) is 33.9 Å². The molecule has 140 valence electrons. The SMILES string of the molecule is CCCNC(=O)NC(=O)CSc1nnc([C@H](C)Oc2ccc(F)cc2)o1. The summed E-state index contributed by atoms with van der Waals surface area (Å²) in [4.78, 5) is 23.0. The lowest BCUT2D eigenvalue weighted by Crippen LogP contribution is -2.40. The minimum atomic E-state index is -0.545. The van der Waals surface area contributed by atoms with Crippen molar-refractivity contribution in [1.29, 1.82) is 0 Å². The summed E-state index contributed by atoms with van der Waals surface area (Å²) in [5.74, 6) is -0.197. The molecule has 3 amide bonds. The van der Waals surface area contributed by atoms with E-state index in [1.54, 1.807) is 6.92 Å². The predicted molar refractivity (Wildman–Crippen MR) is 92.3 cm³/mol. The number of nitrogens with zero attached hydrogens (tertiary/aromatic N) is 2. The van der Waals surface area contributed by atoms with Crippen molar-refractivity contribution in [2.24, 2.45) is 0 Å². The molecule has 8 nitrogen and oxygen atoms in total. The average Bonchev–Trinajstić information content (AvgIpc) is 3.09. The number of benzene rings is 1. The van der Waals surface area contributed by atoms with E-state index in [4.69, 9.17) is 9.15 Å². The first-order chi connectivity index (χ1) is 12.5. The van der Waals surface area contributed by atoms with Crippen molar-refractivity contribution in [3.8, 4) is 5.75 Å². The van der Waals surface area contributed by atoms with Crippen LogP contribution in [-0.2, 0) is 4.79 Å². The van der Waals surface area contributed by atoms with Gasteiger partial charge in [0.1, 0.15) is 11.6 Å². The molecule has 0 aliphatic carbocycles. The Morgan fingerprint density at radius 2 is 2.04 bits per heavy atom. The Labute approximate surface area is 153 Å². The minimum absolute atomic E-state index is 0.0472. The van der Waals surface area contributed by atoms with Crippen LogP contribution in [-0.4, -0.2) is 34.4 Å². The molecule has 0 aliphatic heterocycles. The molecule has 0 unspecified atom stereocenters. The molecule has 0 spiro atoms. The van der Waals surface area contributed by atoms with E-state index in [9.17, 15) is 14.0 Å². The van der Waals surface area contributed by atoms with Gasteiger partial charge in [-0.25, -0.2) is 9.18 Å². The fourth-order valence-corrected chi connectivity index (χ4v) is 2.35. The van der Waals surface area contributed by atoms with Crippen molar-refractivity contribution in [1.82, 2.24) is 20.8 Å². The van der Waals surface area contributed by atoms with E-state index in [1.165, 1.54) is 24.3 Å². The lowest BCUT2D eigenvalue weighted by molar-refractivity contribution is -0.117. The number of imide groups is 1. The molecule has 2 rings (SSSR count). The normalized spacial score (nSPS) is 11.7. The molecule has 1 heterocycles. The number of nitrogens with one attached hydrogen (secondary N) is 2. The molecule has 2 aromatic rings. The van der Waals surface area contributed by atoms with E-state index in [-0.39, 0.29) is 22.7 Å². The van der Waals surface area contributed by atoms with Gasteiger partial charge in [0, 0.05) is 6.54 Å². The van der Waals surface area contributed by atoms with Crippen molar-refractivity contribution in [3.63, 3.8) is 0 Å². The van der Waals surface area contributed by atoms with Gasteiger partial charge in [0.05, 0.1) is 5.75 Å². The highest BCUT2D eigenvalue weighted by Gasteiger charge is 2.17. The molecule has 2 N–H and O–H groups in total. The van der Waals surface area contributed by atoms with Crippen LogP contribution < -0.4 is 15.4 Å². The fourth-order valence-electron chi connectivity index (χ4n) is 1.78. The molecular weight excluding hydrogens is 363 g/mol. The maximum Gasteiger partial charge on any atom is 0.321 e. The van der Waals surface area contributed by atoms with Gasteiger partial charge in [-0.05, 0) is 37.6 Å². The zero-order chi connectivity index (χ0) is 18.9. The van der Waals surface area contributed by atoms with Crippen LogP contribution in [0.1, 0.15) is 32.3 Å². The first-order valence-electron chi connectivity index (χ1n) is 7.94. The van der Waals surface area contributed by atoms with E-state index < -0.39 is 18.0 Å². The van der Waals surface area contributed by atoms with Gasteiger partial charge in [-0.2, -0.15) is 0 Å². The topological polar surface area (TPSA) is 106 Å². The van der Waals surface area contributed by atoms with E-state index in [2.05, 4.69) is 20.8 Å². The number of rotatable bonds is 8. The Kier molecular flexibility index (Phi) is 7.39. The third-order valence-electron chi connectivity index (χ3n) is 3.01. The van der Waals surface area contributed by atoms with Crippen molar-refractivity contribution >= 4 is 23.7 Å². The number of urea groups is 1. The number of halogens is 1. The van der Waals surface area contributed by atoms with Gasteiger partial charge in [-0.15, -0.1) is 10.2 Å². The maximum atomic E-state index is 12.9. The summed E-state index contributed by atoms with van der Waals surface area (Å²) in [7, 11) is 0. The number of carbonyl (C=O) groups is 2. The number of aromatic nitrogens is 2. The molecule has 1 aromatic carbocycles. The average molecular weight is 382 g/mol. The molecule has 10 heteroatoms. The van der Waals surface area contributed by atoms with E-state index in [0.717, 1.165) is 18.2 Å². The molecule has 1 aromatic heterocycles. The smallest absolute Gasteiger partial charge is 0.321 e. The Balaban J connectivity index is 1.80. The largest absolute Gasteiger partial charge is 0.481 e. The molecule has 0 aliphatic rings. The fraction of sp³-hybridized carbons (Fsp3) is 0.375. The summed E-state index contributed by atoms with van der Waals surface area (Å²) in [5.41, 5.74) is 0. The third kappa shape index (κ3) is 6.36. The number of hydrogen-bond acceptors (Lipinski definition) is 7. The lowest BCUT2D eigenvalue weighted by atomic mass is 10.3. The second-order valence-corrected chi connectivity index (χ2v) is 6.14. The monoisotopic (exact) mass is 382 g/mol. The second-order valence-electron chi connectivity index (χ2n) is 5.21. The molecule has 0 saturated heterocycles. The Morgan fingerprint density at radius 1 is 1.31 bits per heavy atom. The number of carbonyl (C=O) groups excluding carboxylic acids is 2. The quantitative estimate of drug-likeness (QED) is 0.676. The summed E-state index contributed by atoms with van der Waals surface area (Å²) in [6, 6.07) is 5.01. The third-order valence-corrected chi connectivity index (χ3v) is 3.83. The Hall–Kier alpha value is -2.62. The van der Waals surface area contributed by atoms with Crippen molar-refractivity contribution in [2.45, 2.75) is 31.6 Å². The van der Waals surface area contributed by atoms with E-state index in [1.807, 2.05) is 6.92 Å². The molecule has 0 saturated carbocycles. The first kappa shape index (κ1) is 19.7. The molecular formula is C16H19FN4O4S. The zero-order valence-corrected chi connectivity index (χ0v) is 15.1. The second kappa shape index (κ2) is 9.76. The maximum absolute atomic E-state index is 12.9. The van der Waals surface area contributed by atoms with Crippen LogP contribution in [0.5, 0.6) is 5.75 Å². The highest BCUT2D eigenvalue weighted by Crippen LogP contribution is 2.23. The van der Waals surface area contributed by atoms with Gasteiger partial charge in [0.2, 0.25) is 5.91 Å². The summed E-state index contributed by atoms with van der Waals surface area (Å²) < 4.78 is 23.9. The number of ether oxygens (including phenoxy) is 1. The highest BCUT2D eigenvalue weighted by atomic mass is 32.2. The van der Waals surface area contributed by atoms with Crippen LogP contribution >= 0.6 is 11.8 Å². The molecule has 0 bridgehead atoms. The van der Waals surface area contributed by atoms with Gasteiger partial charge < -0.3 is 14.5 Å². The highest BCUT2D eigenvalue weighted by molar-refractivity contribution is 7.99. The number of thioether (sulfide) groups is 1. The lowest BCUT2D eigenvalue weighted by Gasteiger charge is -2.10. The first-order valence-corrected chi connectivity index (χ1v) is 8.92. The predicted octanol–water partition coefficient (Wildman–Crippen LogP) is 2.68. The van der Waals surface area contributed by atoms with Gasteiger partial charge in [0.15, 0.2) is 6.10 Å². The van der Waals surface area contributed by atoms with Crippen LogP contribution in [0.3, 0.4) is 0 Å². The van der Waals surface area contributed by atoms with Crippen LogP contribution in [0.2, 0.25) is 0 Å². The van der Waals surface area contributed by atoms with Gasteiger partial charge in [0.25, 0.3) is 11.1 Å². The van der Waals surface area contributed by atoms with Gasteiger partial charge in [-0.3, -0.25) is 10.1 Å². The van der Waals surface area contributed by atoms with Crippen molar-refractivity contribution < 1.29 is 23.1 Å². The molecule has 26 heavy (non-hydrogen) atoms. The number of amides is 3. The summed E-state index contributed by atoms with van der Waals surface area (Å²) in [5, 5.41) is 12.6. The van der Waals surface area contributed by atoms with E-state index >= 15 is 0 Å². The summed E-state index contributed by atoms with van der Waals surface area (Å²) >= 11 is 1.00. The van der Waals surface area contributed by atoms with Crippen molar-refractivity contribution in [2.75, 3.05) is 12.3 Å². The van der Waals surface area contributed by atoms with E-state index in [0.29, 0.717) is 12.3 Å². The Bertz CT molecular complexity index is 738. The molecule has 1 atom stereocenters. The number of hydrogen-bond donors (Lipinski definition) is 2. The summed E-state index contributed by atoms with van der Waals surface area (Å²) in [6.45, 7) is 4.10. The van der Waals surface area contributed by atoms with Crippen LogP contribution in [0, 0.1) is 5.82 Å². The minimum Gasteiger partial charge on any atom is -0.481 e. The van der Waals surface area contributed by atoms with Crippen LogP contribution in [0.25, 0.3) is 0 Å². The van der Waals surface area contributed by atoms with Gasteiger partial charge >= 0.3 is 6.03 Å². The van der Waals surface area contributed by atoms with Gasteiger partial charge in [-0.1, -0.05) is 18.7 Å². The molecule has 0 fully saturated rings. The molecule has 0 radical (unpaired) electrons. The van der Waals surface area contributed by atoms with Crippen molar-refractivity contribution in [3.05, 3.63) is 36.0 Å². The van der Waals surface area contributed by atoms with Crippen LogP contribution in [0.4, 0.5) is 9.18 Å². The Morgan fingerprint density at radius 3 is 2.73 bits per heavy atom. The summed E-state index contributed by atoms with van der Waals surface area (Å²) in [6.07, 6.45) is 0.232.